The van der Waals surface area contributed by atoms with Crippen LogP contribution in [0.3, 0.4) is 0 Å². The lowest BCUT2D eigenvalue weighted by Crippen LogP contribution is -2.07. The molecule has 1 rings (SSSR count). The number of unbranched alkanes of at least 4 members (excludes halogenated alkanes) is 7. The summed E-state index contributed by atoms with van der Waals surface area (Å²) in [4.78, 5) is 10.1. The summed E-state index contributed by atoms with van der Waals surface area (Å²) in [6.07, 6.45) is 10.1. The van der Waals surface area contributed by atoms with Crippen LogP contribution in [0.1, 0.15) is 51.4 Å². The molecular formula is C18H28O3. The number of para-hydroxylation sites is 1. The van der Waals surface area contributed by atoms with Crippen LogP contribution in [-0.2, 0) is 9.53 Å². The Morgan fingerprint density at radius 3 is 2.14 bits per heavy atom. The molecule has 0 fully saturated rings. The monoisotopic (exact) mass is 292 g/mol. The van der Waals surface area contributed by atoms with Gasteiger partial charge in [-0.3, -0.25) is 0 Å². The van der Waals surface area contributed by atoms with Crippen molar-refractivity contribution >= 4 is 6.29 Å². The Hall–Kier alpha value is -1.35. The minimum Gasteiger partial charge on any atom is -0.491 e. The van der Waals surface area contributed by atoms with Crippen LogP contribution in [0.2, 0.25) is 0 Å². The number of carbonyl (C=O) groups excluding carboxylic acids is 1. The number of hydrogen-bond donors (Lipinski definition) is 0. The van der Waals surface area contributed by atoms with Gasteiger partial charge in [0.15, 0.2) is 0 Å². The molecule has 118 valence electrons. The van der Waals surface area contributed by atoms with E-state index in [9.17, 15) is 4.79 Å². The van der Waals surface area contributed by atoms with Crippen molar-refractivity contribution in [1.29, 1.82) is 0 Å². The van der Waals surface area contributed by atoms with E-state index in [0.29, 0.717) is 13.2 Å². The van der Waals surface area contributed by atoms with E-state index >= 15 is 0 Å². The minimum absolute atomic E-state index is 0.612. The standard InChI is InChI=1S/C18H28O3/c19-14-10-5-3-1-2-4-6-11-15-20-16-17-21-18-12-8-7-9-13-18/h7-9,12-14H,1-6,10-11,15-17H2. The average Bonchev–Trinajstić information content (AvgIpc) is 2.53. The van der Waals surface area contributed by atoms with Gasteiger partial charge < -0.3 is 14.3 Å². The highest BCUT2D eigenvalue weighted by molar-refractivity contribution is 5.48. The molecule has 0 amide bonds. The lowest BCUT2D eigenvalue weighted by atomic mass is 10.1. The Bertz CT molecular complexity index is 338. The van der Waals surface area contributed by atoms with E-state index in [1.807, 2.05) is 30.3 Å². The first-order chi connectivity index (χ1) is 10.4. The average molecular weight is 292 g/mol. The first-order valence-electron chi connectivity index (χ1n) is 8.12. The molecule has 1 aromatic rings. The molecule has 0 bridgehead atoms. The van der Waals surface area contributed by atoms with Crippen LogP contribution in [0, 0.1) is 0 Å². The molecule has 0 N–H and O–H groups in total. The second-order valence-corrected chi connectivity index (χ2v) is 5.20. The molecule has 0 aromatic heterocycles. The summed E-state index contributed by atoms with van der Waals surface area (Å²) in [7, 11) is 0. The summed E-state index contributed by atoms with van der Waals surface area (Å²) in [5.41, 5.74) is 0. The largest absolute Gasteiger partial charge is 0.491 e. The number of hydrogen-bond acceptors (Lipinski definition) is 3. The highest BCUT2D eigenvalue weighted by Gasteiger charge is 1.94. The number of carbonyl (C=O) groups is 1. The maximum atomic E-state index is 10.1. The van der Waals surface area contributed by atoms with E-state index < -0.39 is 0 Å². The van der Waals surface area contributed by atoms with Gasteiger partial charge in [0.2, 0.25) is 0 Å². The normalized spacial score (nSPS) is 10.5. The van der Waals surface area contributed by atoms with Crippen molar-refractivity contribution in [2.24, 2.45) is 0 Å². The van der Waals surface area contributed by atoms with Crippen molar-refractivity contribution in [3.8, 4) is 5.75 Å². The van der Waals surface area contributed by atoms with E-state index in [0.717, 1.165) is 37.9 Å². The molecule has 0 radical (unpaired) electrons. The van der Waals surface area contributed by atoms with Gasteiger partial charge in [-0.05, 0) is 25.0 Å². The van der Waals surface area contributed by atoms with Gasteiger partial charge in [-0.1, -0.05) is 50.3 Å². The quantitative estimate of drug-likeness (QED) is 0.376. The van der Waals surface area contributed by atoms with E-state index in [4.69, 9.17) is 9.47 Å². The molecule has 0 saturated heterocycles. The Balaban J connectivity index is 1.76. The van der Waals surface area contributed by atoms with Crippen molar-refractivity contribution in [3.05, 3.63) is 30.3 Å². The van der Waals surface area contributed by atoms with Gasteiger partial charge in [0.25, 0.3) is 0 Å². The van der Waals surface area contributed by atoms with E-state index in [-0.39, 0.29) is 0 Å². The van der Waals surface area contributed by atoms with Gasteiger partial charge in [-0.25, -0.2) is 0 Å². The van der Waals surface area contributed by atoms with Gasteiger partial charge in [-0.15, -0.1) is 0 Å². The number of benzene rings is 1. The Morgan fingerprint density at radius 2 is 1.43 bits per heavy atom. The first-order valence-corrected chi connectivity index (χ1v) is 8.12. The van der Waals surface area contributed by atoms with Crippen LogP contribution in [0.5, 0.6) is 5.75 Å². The fourth-order valence-corrected chi connectivity index (χ4v) is 2.15. The van der Waals surface area contributed by atoms with Crippen LogP contribution in [0.15, 0.2) is 30.3 Å². The molecule has 0 aliphatic rings. The highest BCUT2D eigenvalue weighted by Crippen LogP contribution is 2.09. The maximum Gasteiger partial charge on any atom is 0.119 e. The van der Waals surface area contributed by atoms with Crippen LogP contribution < -0.4 is 4.74 Å². The molecule has 0 spiro atoms. The minimum atomic E-state index is 0.612. The SMILES string of the molecule is O=CCCCCCCCCCOCCOc1ccccc1. The summed E-state index contributed by atoms with van der Waals surface area (Å²) < 4.78 is 11.1. The molecule has 1 aromatic carbocycles. The van der Waals surface area contributed by atoms with Gasteiger partial charge in [0, 0.05) is 13.0 Å². The first kappa shape index (κ1) is 17.7. The smallest absolute Gasteiger partial charge is 0.119 e. The third-order valence-corrected chi connectivity index (χ3v) is 3.35. The van der Waals surface area contributed by atoms with Crippen LogP contribution >= 0.6 is 0 Å². The van der Waals surface area contributed by atoms with Gasteiger partial charge in [0.05, 0.1) is 6.61 Å². The second-order valence-electron chi connectivity index (χ2n) is 5.20. The zero-order chi connectivity index (χ0) is 15.0. The summed E-state index contributed by atoms with van der Waals surface area (Å²) >= 11 is 0. The molecule has 0 aliphatic carbocycles. The van der Waals surface area contributed by atoms with Gasteiger partial charge in [0.1, 0.15) is 18.6 Å². The van der Waals surface area contributed by atoms with Gasteiger partial charge in [-0.2, -0.15) is 0 Å². The third kappa shape index (κ3) is 11.0. The fraction of sp³-hybridized carbons (Fsp3) is 0.611. The number of rotatable bonds is 14. The predicted molar refractivity (Wildman–Crippen MR) is 85.8 cm³/mol. The molecule has 3 heteroatoms. The molecule has 0 atom stereocenters. The second kappa shape index (κ2) is 13.6. The van der Waals surface area contributed by atoms with E-state index in [2.05, 4.69) is 0 Å². The summed E-state index contributed by atoms with van der Waals surface area (Å²) in [6, 6.07) is 9.82. The van der Waals surface area contributed by atoms with Crippen molar-refractivity contribution in [1.82, 2.24) is 0 Å². The van der Waals surface area contributed by atoms with E-state index in [1.165, 1.54) is 32.1 Å². The molecule has 0 unspecified atom stereocenters. The zero-order valence-corrected chi connectivity index (χ0v) is 13.0. The Kier molecular flexibility index (Phi) is 11.5. The third-order valence-electron chi connectivity index (χ3n) is 3.35. The van der Waals surface area contributed by atoms with Crippen molar-refractivity contribution in [3.63, 3.8) is 0 Å². The lowest BCUT2D eigenvalue weighted by molar-refractivity contribution is -0.107. The van der Waals surface area contributed by atoms with Crippen LogP contribution in [-0.4, -0.2) is 26.1 Å². The van der Waals surface area contributed by atoms with Crippen LogP contribution in [0.4, 0.5) is 0 Å². The van der Waals surface area contributed by atoms with Crippen LogP contribution in [0.25, 0.3) is 0 Å². The molecule has 0 saturated carbocycles. The number of ether oxygens (including phenoxy) is 2. The zero-order valence-electron chi connectivity index (χ0n) is 13.0. The van der Waals surface area contributed by atoms with Crippen molar-refractivity contribution in [2.45, 2.75) is 51.4 Å². The maximum absolute atomic E-state index is 10.1. The lowest BCUT2D eigenvalue weighted by Gasteiger charge is -2.07. The molecule has 0 heterocycles. The molecule has 21 heavy (non-hydrogen) atoms. The number of aldehydes is 1. The van der Waals surface area contributed by atoms with E-state index in [1.54, 1.807) is 0 Å². The topological polar surface area (TPSA) is 35.5 Å². The Morgan fingerprint density at radius 1 is 0.762 bits per heavy atom. The van der Waals surface area contributed by atoms with Crippen molar-refractivity contribution in [2.75, 3.05) is 19.8 Å². The van der Waals surface area contributed by atoms with Gasteiger partial charge >= 0.3 is 0 Å². The predicted octanol–water partition coefficient (Wildman–Crippen LogP) is 4.40. The Labute approximate surface area is 128 Å². The molecular weight excluding hydrogens is 264 g/mol. The fourth-order valence-electron chi connectivity index (χ4n) is 2.15. The molecule has 3 nitrogen and oxygen atoms in total. The van der Waals surface area contributed by atoms with Crippen molar-refractivity contribution < 1.29 is 14.3 Å². The summed E-state index contributed by atoms with van der Waals surface area (Å²) in [6.45, 7) is 2.09. The molecule has 0 aliphatic heterocycles. The summed E-state index contributed by atoms with van der Waals surface area (Å²) in [5.74, 6) is 0.899. The summed E-state index contributed by atoms with van der Waals surface area (Å²) in [5, 5.41) is 0. The highest BCUT2D eigenvalue weighted by atomic mass is 16.5.